The maximum atomic E-state index is 12.5. The minimum Gasteiger partial charge on any atom is -0.488 e. The number of nitrogens with one attached hydrogen (secondary N) is 1. The van der Waals surface area contributed by atoms with Gasteiger partial charge in [0.1, 0.15) is 42.1 Å². The number of aliphatic hydroxyl groups excluding tert-OH is 2. The topological polar surface area (TPSA) is 174 Å². The SMILES string of the molecule is Cc1c(COc2cc(OCc3cncc(C#N)c3)c(CNC(C)(CO)C(=O)O)cc2Cl)cccc1-c1cccc(OCC(=O)N2CCC(O)C2)c1. The summed E-state index contributed by atoms with van der Waals surface area (Å²) < 4.78 is 18.2. The van der Waals surface area contributed by atoms with Crippen LogP contribution in [0.2, 0.25) is 5.02 Å². The predicted octanol–water partition coefficient (Wildman–Crippen LogP) is 4.64. The minimum atomic E-state index is -1.60. The van der Waals surface area contributed by atoms with Gasteiger partial charge in [0.05, 0.1) is 23.3 Å². The number of likely N-dealkylation sites (tertiary alicyclic amines) is 1. The summed E-state index contributed by atoms with van der Waals surface area (Å²) in [6.45, 7) is 3.68. The number of carboxylic acid groups (broad SMARTS) is 1. The highest BCUT2D eigenvalue weighted by Crippen LogP contribution is 2.35. The molecule has 12 nitrogen and oxygen atoms in total. The van der Waals surface area contributed by atoms with E-state index in [1.165, 1.54) is 13.1 Å². The van der Waals surface area contributed by atoms with Gasteiger partial charge < -0.3 is 34.4 Å². The number of ether oxygens (including phenoxy) is 3. The fourth-order valence-corrected chi connectivity index (χ4v) is 5.74. The molecule has 266 valence electrons. The van der Waals surface area contributed by atoms with Crippen LogP contribution in [0.4, 0.5) is 0 Å². The molecule has 1 amide bonds. The number of nitrogens with zero attached hydrogens (tertiary/aromatic N) is 3. The van der Waals surface area contributed by atoms with Crippen molar-refractivity contribution in [2.75, 3.05) is 26.3 Å². The third-order valence-corrected chi connectivity index (χ3v) is 9.04. The number of β-amino-alcohol motifs (C(OH)–C–C–N with tert-alkyl or cyclic N) is 1. The normalized spacial score (nSPS) is 15.1. The molecule has 0 spiro atoms. The molecule has 0 bridgehead atoms. The second kappa shape index (κ2) is 16.7. The van der Waals surface area contributed by atoms with E-state index in [0.717, 1.165) is 22.3 Å². The Morgan fingerprint density at radius 1 is 1.06 bits per heavy atom. The lowest BCUT2D eigenvalue weighted by Crippen LogP contribution is -2.52. The number of hydrogen-bond donors (Lipinski definition) is 4. The number of amides is 1. The molecule has 1 saturated heterocycles. The first kappa shape index (κ1) is 37.1. The molecular weight excluding hydrogens is 676 g/mol. The van der Waals surface area contributed by atoms with Crippen LogP contribution in [0.3, 0.4) is 0 Å². The lowest BCUT2D eigenvalue weighted by atomic mass is 9.96. The van der Waals surface area contributed by atoms with Crippen molar-refractivity contribution in [2.45, 2.75) is 51.7 Å². The van der Waals surface area contributed by atoms with Crippen molar-refractivity contribution in [3.05, 3.63) is 106 Å². The van der Waals surface area contributed by atoms with Gasteiger partial charge in [-0.05, 0) is 66.8 Å². The number of carbonyl (C=O) groups excluding carboxylic acids is 1. The van der Waals surface area contributed by atoms with E-state index in [1.54, 1.807) is 35.4 Å². The lowest BCUT2D eigenvalue weighted by molar-refractivity contribution is -0.146. The van der Waals surface area contributed by atoms with Gasteiger partial charge in [0, 0.05) is 49.2 Å². The van der Waals surface area contributed by atoms with Crippen molar-refractivity contribution in [1.82, 2.24) is 15.2 Å². The highest BCUT2D eigenvalue weighted by molar-refractivity contribution is 6.32. The Morgan fingerprint density at radius 2 is 1.84 bits per heavy atom. The fraction of sp³-hybridized carbons (Fsp3) is 0.316. The number of aliphatic carboxylic acids is 1. The van der Waals surface area contributed by atoms with Crippen LogP contribution in [0.15, 0.2) is 73.1 Å². The number of aromatic nitrogens is 1. The fourth-order valence-electron chi connectivity index (χ4n) is 5.50. The summed E-state index contributed by atoms with van der Waals surface area (Å²) in [5.74, 6) is -0.149. The van der Waals surface area contributed by atoms with Gasteiger partial charge in [0.2, 0.25) is 0 Å². The highest BCUT2D eigenvalue weighted by Gasteiger charge is 2.32. The van der Waals surface area contributed by atoms with Crippen LogP contribution in [-0.4, -0.2) is 75.0 Å². The molecule has 51 heavy (non-hydrogen) atoms. The standard InChI is InChI=1S/C38H39ClN4O8/c1-24-28(6-4-8-32(24)27-5-3-7-31(12-27)49-22-36(46)43-10-9-30(45)19-43)21-51-35-14-34(50-20-26-11-25(15-40)16-41-17-26)29(13-33(35)39)18-42-38(2,23-44)37(47)48/h3-8,11-14,16-17,30,42,44-45H,9-10,18-23H2,1-2H3,(H,47,48). The van der Waals surface area contributed by atoms with Gasteiger partial charge in [0.25, 0.3) is 5.91 Å². The van der Waals surface area contributed by atoms with Crippen LogP contribution in [0.5, 0.6) is 17.2 Å². The number of halogens is 1. The number of aliphatic hydroxyl groups is 2. The van der Waals surface area contributed by atoms with E-state index in [0.29, 0.717) is 53.4 Å². The van der Waals surface area contributed by atoms with E-state index in [1.807, 2.05) is 49.4 Å². The van der Waals surface area contributed by atoms with Crippen molar-refractivity contribution >= 4 is 23.5 Å². The molecule has 1 aliphatic rings. The minimum absolute atomic E-state index is 0.00858. The average Bonchev–Trinajstić information content (AvgIpc) is 3.58. The Morgan fingerprint density at radius 3 is 2.57 bits per heavy atom. The highest BCUT2D eigenvalue weighted by atomic mass is 35.5. The number of benzene rings is 3. The number of pyridine rings is 1. The summed E-state index contributed by atoms with van der Waals surface area (Å²) in [7, 11) is 0. The Balaban J connectivity index is 1.33. The molecule has 2 heterocycles. The molecule has 13 heteroatoms. The Labute approximate surface area is 300 Å². The summed E-state index contributed by atoms with van der Waals surface area (Å²) in [5, 5.41) is 41.5. The summed E-state index contributed by atoms with van der Waals surface area (Å²) >= 11 is 6.68. The molecule has 4 N–H and O–H groups in total. The predicted molar refractivity (Wildman–Crippen MR) is 188 cm³/mol. The zero-order valence-electron chi connectivity index (χ0n) is 28.3. The van der Waals surface area contributed by atoms with Gasteiger partial charge in [0.15, 0.2) is 6.61 Å². The van der Waals surface area contributed by atoms with Crippen LogP contribution in [0.25, 0.3) is 11.1 Å². The number of hydrogen-bond acceptors (Lipinski definition) is 10. The number of carboxylic acids is 1. The first-order valence-corrected chi connectivity index (χ1v) is 16.7. The molecular formula is C38H39ClN4O8. The Hall–Kier alpha value is -5.19. The van der Waals surface area contributed by atoms with E-state index >= 15 is 0 Å². The lowest BCUT2D eigenvalue weighted by Gasteiger charge is -2.25. The van der Waals surface area contributed by atoms with Crippen molar-refractivity contribution in [3.8, 4) is 34.4 Å². The first-order chi connectivity index (χ1) is 24.5. The molecule has 0 radical (unpaired) electrons. The van der Waals surface area contributed by atoms with Crippen molar-refractivity contribution in [2.24, 2.45) is 0 Å². The zero-order chi connectivity index (χ0) is 36.5. The van der Waals surface area contributed by atoms with E-state index in [-0.39, 0.29) is 37.3 Å². The van der Waals surface area contributed by atoms with Crippen LogP contribution in [-0.2, 0) is 29.3 Å². The summed E-state index contributed by atoms with van der Waals surface area (Å²) in [5.41, 5.74) is 3.65. The summed E-state index contributed by atoms with van der Waals surface area (Å²) in [6, 6.07) is 20.3. The number of nitriles is 1. The summed E-state index contributed by atoms with van der Waals surface area (Å²) in [4.78, 5) is 30.0. The third kappa shape index (κ3) is 9.33. The van der Waals surface area contributed by atoms with Crippen molar-refractivity contribution in [1.29, 1.82) is 5.26 Å². The van der Waals surface area contributed by atoms with Gasteiger partial charge >= 0.3 is 5.97 Å². The van der Waals surface area contributed by atoms with Crippen molar-refractivity contribution < 1.29 is 39.1 Å². The van der Waals surface area contributed by atoms with Crippen LogP contribution < -0.4 is 19.5 Å². The van der Waals surface area contributed by atoms with Crippen LogP contribution >= 0.6 is 11.6 Å². The van der Waals surface area contributed by atoms with Gasteiger partial charge in [-0.25, -0.2) is 0 Å². The van der Waals surface area contributed by atoms with E-state index < -0.39 is 24.2 Å². The zero-order valence-corrected chi connectivity index (χ0v) is 29.0. The Bertz CT molecular complexity index is 1930. The molecule has 5 rings (SSSR count). The van der Waals surface area contributed by atoms with Gasteiger partial charge in [-0.15, -0.1) is 0 Å². The van der Waals surface area contributed by atoms with Crippen LogP contribution in [0, 0.1) is 18.3 Å². The summed E-state index contributed by atoms with van der Waals surface area (Å²) in [6.07, 6.45) is 3.11. The molecule has 1 aromatic heterocycles. The maximum Gasteiger partial charge on any atom is 0.326 e. The first-order valence-electron chi connectivity index (χ1n) is 16.3. The van der Waals surface area contributed by atoms with Gasteiger partial charge in [-0.1, -0.05) is 41.9 Å². The molecule has 0 saturated carbocycles. The average molecular weight is 715 g/mol. The smallest absolute Gasteiger partial charge is 0.326 e. The molecule has 2 unspecified atom stereocenters. The second-order valence-electron chi connectivity index (χ2n) is 12.5. The number of carbonyl (C=O) groups is 2. The van der Waals surface area contributed by atoms with E-state index in [9.17, 15) is 30.2 Å². The third-order valence-electron chi connectivity index (χ3n) is 8.74. The maximum absolute atomic E-state index is 12.5. The molecule has 1 aliphatic heterocycles. The molecule has 0 aliphatic carbocycles. The van der Waals surface area contributed by atoms with Crippen LogP contribution in [0.1, 0.15) is 41.2 Å². The second-order valence-corrected chi connectivity index (χ2v) is 12.9. The number of rotatable bonds is 15. The van der Waals surface area contributed by atoms with E-state index in [2.05, 4.69) is 10.3 Å². The Kier molecular flexibility index (Phi) is 12.1. The van der Waals surface area contributed by atoms with Gasteiger partial charge in [-0.3, -0.25) is 19.9 Å². The molecule has 1 fully saturated rings. The van der Waals surface area contributed by atoms with Crippen molar-refractivity contribution in [3.63, 3.8) is 0 Å². The quantitative estimate of drug-likeness (QED) is 0.135. The largest absolute Gasteiger partial charge is 0.488 e. The van der Waals surface area contributed by atoms with Gasteiger partial charge in [-0.2, -0.15) is 5.26 Å². The molecule has 2 atom stereocenters. The van der Waals surface area contributed by atoms with E-state index in [4.69, 9.17) is 25.8 Å². The molecule has 3 aromatic carbocycles. The monoisotopic (exact) mass is 714 g/mol. The molecule has 4 aromatic rings.